The highest BCUT2D eigenvalue weighted by molar-refractivity contribution is 5.85. The quantitative estimate of drug-likeness (QED) is 0.0918. The molecule has 7 heterocycles. The summed E-state index contributed by atoms with van der Waals surface area (Å²) < 4.78 is 79.8. The molecule has 11 rings (SSSR count). The van der Waals surface area contributed by atoms with Gasteiger partial charge in [-0.3, -0.25) is 0 Å². The van der Waals surface area contributed by atoms with E-state index in [0.29, 0.717) is 18.4 Å². The third-order valence-corrected chi connectivity index (χ3v) is 23.0. The molecule has 11 aliphatic rings. The van der Waals surface area contributed by atoms with Crippen molar-refractivity contribution < 1.29 is 117 Å². The number of carbonyl (C=O) groups is 1. The minimum absolute atomic E-state index is 0.0376. The van der Waals surface area contributed by atoms with Gasteiger partial charge in [0.2, 0.25) is 0 Å². The third-order valence-electron chi connectivity index (χ3n) is 23.0. The Morgan fingerprint density at radius 2 is 1.02 bits per heavy atom. The second-order valence-electron chi connectivity index (χ2n) is 28.0. The Morgan fingerprint density at radius 3 is 1.65 bits per heavy atom. The summed E-state index contributed by atoms with van der Waals surface area (Å²) in [6, 6.07) is 0. The lowest BCUT2D eigenvalue weighted by Gasteiger charge is -2.64. The second kappa shape index (κ2) is 25.1. The molecule has 4 aliphatic carbocycles. The van der Waals surface area contributed by atoms with Crippen molar-refractivity contribution >= 4 is 5.97 Å². The first kappa shape index (κ1) is 64.8. The zero-order chi connectivity index (χ0) is 61.1. The van der Waals surface area contributed by atoms with E-state index in [-0.39, 0.29) is 53.5 Å². The first-order chi connectivity index (χ1) is 40.1. The van der Waals surface area contributed by atoms with Crippen LogP contribution >= 0.6 is 0 Å². The predicted molar refractivity (Wildman–Crippen MR) is 293 cm³/mol. The molecule has 85 heavy (non-hydrogen) atoms. The van der Waals surface area contributed by atoms with Crippen LogP contribution in [0.15, 0.2) is 11.6 Å². The number of hydrogen-bond donors (Lipinski definition) is 10. The number of aliphatic hydroxyl groups excluding tert-OH is 9. The second-order valence-corrected chi connectivity index (χ2v) is 28.0. The Hall–Kier alpha value is -1.67. The first-order valence-corrected chi connectivity index (χ1v) is 31.7. The van der Waals surface area contributed by atoms with E-state index in [0.717, 1.165) is 63.4 Å². The standard InChI is InChI=1S/C61H98O24/c1-24-26(3)74-42(22-39(24)81-56-49(70)46(67)53(30(7)78-56)85-58-50(71)47(68)54(31(8)79-58)84-57-48(69)45(66)44(65)27(4)76-57)82-52-29(6)77-55(25(2)43(52)64)83-51-28(5)75-41(21-38(51)62)80-34-13-16-59(9)33(20-34)11-12-37-36(59)14-17-60(10)35(15-18-61(37,60)72)32-19-40(63)73-23-32/h19,24-31,33-39,41-58,62,64-72H,11-18,20-23H2,1-10H3/t24?,25?,26?,27?,28?,29?,30?,31?,33-,34+,35-,36+,37-,38?,39?,41?,42?,43?,44+,45?,46?,47?,48-,49-,50-,51?,52?,53-,54+,55?,56?,57?,58?,59+,60-,61+/m1/s1. The van der Waals surface area contributed by atoms with Crippen LogP contribution < -0.4 is 0 Å². The zero-order valence-corrected chi connectivity index (χ0v) is 50.8. The molecule has 486 valence electrons. The lowest BCUT2D eigenvalue weighted by atomic mass is 9.43. The van der Waals surface area contributed by atoms with E-state index >= 15 is 0 Å². The van der Waals surface area contributed by atoms with Crippen molar-refractivity contribution in [3.05, 3.63) is 11.6 Å². The summed E-state index contributed by atoms with van der Waals surface area (Å²) in [4.78, 5) is 12.0. The third kappa shape index (κ3) is 11.9. The fraction of sp³-hybridized carbons (Fsp3) is 0.951. The maximum atomic E-state index is 12.7. The topological polar surface area (TPSA) is 339 Å². The van der Waals surface area contributed by atoms with Crippen LogP contribution in [-0.4, -0.2) is 235 Å². The van der Waals surface area contributed by atoms with Gasteiger partial charge in [-0.05, 0) is 134 Å². The van der Waals surface area contributed by atoms with Gasteiger partial charge in [-0.1, -0.05) is 27.7 Å². The lowest BCUT2D eigenvalue weighted by Crippen LogP contribution is -2.65. The Balaban J connectivity index is 0.634. The number of esters is 1. The van der Waals surface area contributed by atoms with Crippen LogP contribution in [0.4, 0.5) is 0 Å². The Kier molecular flexibility index (Phi) is 19.1. The highest BCUT2D eigenvalue weighted by Gasteiger charge is 2.68. The molecule has 0 spiro atoms. The van der Waals surface area contributed by atoms with Crippen LogP contribution in [0, 0.1) is 46.3 Å². The van der Waals surface area contributed by atoms with E-state index < -0.39 is 171 Å². The minimum atomic E-state index is -1.75. The Labute approximate surface area is 497 Å². The van der Waals surface area contributed by atoms with Crippen LogP contribution in [0.1, 0.15) is 140 Å². The molecule has 0 aromatic heterocycles. The number of rotatable bonds is 13. The van der Waals surface area contributed by atoms with Gasteiger partial charge in [0, 0.05) is 36.2 Å². The van der Waals surface area contributed by atoms with Gasteiger partial charge >= 0.3 is 5.97 Å². The number of ether oxygens (including phenoxy) is 13. The minimum Gasteiger partial charge on any atom is -0.458 e. The van der Waals surface area contributed by atoms with Gasteiger partial charge in [0.15, 0.2) is 37.7 Å². The molecule has 7 aliphatic heterocycles. The summed E-state index contributed by atoms with van der Waals surface area (Å²) in [6.45, 7) is 18.8. The smallest absolute Gasteiger partial charge is 0.331 e. The molecule has 0 bridgehead atoms. The number of fused-ring (bicyclic) bond motifs is 5. The van der Waals surface area contributed by atoms with Crippen LogP contribution in [0.5, 0.6) is 0 Å². The van der Waals surface area contributed by atoms with Crippen LogP contribution in [0.25, 0.3) is 0 Å². The monoisotopic (exact) mass is 1210 g/mol. The average Bonchev–Trinajstić information content (AvgIpc) is 1.70. The molecular formula is C61H98O24. The molecule has 24 nitrogen and oxygen atoms in total. The van der Waals surface area contributed by atoms with Crippen molar-refractivity contribution in [1.82, 2.24) is 0 Å². The summed E-state index contributed by atoms with van der Waals surface area (Å²) in [5.74, 6) is 0.0699. The molecule has 0 aromatic rings. The fourth-order valence-electron chi connectivity index (χ4n) is 17.5. The van der Waals surface area contributed by atoms with E-state index in [2.05, 4.69) is 13.8 Å². The highest BCUT2D eigenvalue weighted by Crippen LogP contribution is 2.70. The van der Waals surface area contributed by atoms with Crippen molar-refractivity contribution in [2.24, 2.45) is 46.3 Å². The molecule has 0 radical (unpaired) electrons. The molecule has 4 saturated carbocycles. The summed E-state index contributed by atoms with van der Waals surface area (Å²) >= 11 is 0. The molecular weight excluding hydrogens is 1120 g/mol. The number of hydrogen-bond acceptors (Lipinski definition) is 24. The van der Waals surface area contributed by atoms with Crippen molar-refractivity contribution in [3.8, 4) is 0 Å². The average molecular weight is 1220 g/mol. The van der Waals surface area contributed by atoms with E-state index in [9.17, 15) is 55.9 Å². The van der Waals surface area contributed by atoms with Crippen molar-refractivity contribution in [2.75, 3.05) is 6.61 Å². The summed E-state index contributed by atoms with van der Waals surface area (Å²) in [6.07, 6.45) is -19.3. The largest absolute Gasteiger partial charge is 0.458 e. The van der Waals surface area contributed by atoms with E-state index in [1.807, 2.05) is 20.8 Å². The van der Waals surface area contributed by atoms with Gasteiger partial charge in [-0.2, -0.15) is 0 Å². The Bertz CT molecular complexity index is 2320. The molecule has 6 saturated heterocycles. The predicted octanol–water partition coefficient (Wildman–Crippen LogP) is 1.32. The number of cyclic esters (lactones) is 1. The fourth-order valence-corrected chi connectivity index (χ4v) is 17.5. The van der Waals surface area contributed by atoms with E-state index in [1.165, 1.54) is 13.8 Å². The highest BCUT2D eigenvalue weighted by atomic mass is 16.8. The summed E-state index contributed by atoms with van der Waals surface area (Å²) in [5.41, 5.74) is 0.0559. The molecule has 24 heteroatoms. The zero-order valence-electron chi connectivity index (χ0n) is 50.8. The number of aliphatic hydroxyl groups is 10. The van der Waals surface area contributed by atoms with Gasteiger partial charge in [-0.15, -0.1) is 0 Å². The lowest BCUT2D eigenvalue weighted by molar-refractivity contribution is -0.378. The van der Waals surface area contributed by atoms with E-state index in [1.54, 1.807) is 26.8 Å². The van der Waals surface area contributed by atoms with Gasteiger partial charge in [0.05, 0.1) is 66.6 Å². The molecule has 0 amide bonds. The molecule has 0 aromatic carbocycles. The van der Waals surface area contributed by atoms with Crippen molar-refractivity contribution in [1.29, 1.82) is 0 Å². The van der Waals surface area contributed by atoms with Crippen LogP contribution in [-0.2, 0) is 66.4 Å². The molecule has 36 atom stereocenters. The summed E-state index contributed by atoms with van der Waals surface area (Å²) in [7, 11) is 0. The van der Waals surface area contributed by atoms with E-state index in [4.69, 9.17) is 61.6 Å². The van der Waals surface area contributed by atoms with Gasteiger partial charge in [0.25, 0.3) is 0 Å². The van der Waals surface area contributed by atoms with Crippen molar-refractivity contribution in [2.45, 2.75) is 311 Å². The molecule has 10 fully saturated rings. The van der Waals surface area contributed by atoms with Crippen LogP contribution in [0.3, 0.4) is 0 Å². The van der Waals surface area contributed by atoms with Crippen LogP contribution in [0.2, 0.25) is 0 Å². The molecule has 22 unspecified atom stereocenters. The summed E-state index contributed by atoms with van der Waals surface area (Å²) in [5, 5.41) is 112. The first-order valence-electron chi connectivity index (χ1n) is 31.7. The maximum Gasteiger partial charge on any atom is 0.331 e. The number of carbonyl (C=O) groups excluding carboxylic acids is 1. The van der Waals surface area contributed by atoms with Crippen molar-refractivity contribution in [3.63, 3.8) is 0 Å². The SMILES string of the molecule is CC1OC(OC2C(C)OC(OC3C(O)CC(O[C@H]4CC[C@@]5(C)[C@H](CC[C@@H]6[C@@H]5CC[C@]5(C)[C@@H](C7=CC(=O)OC7)CC[C@]65O)C4)OC3C)C(C)C2O)CC(OC2OC(C)[C@@H](OC3OC(C)[C@H](OC4OC(C)[C@H](O)C(O)[C@H]4O)C(O)[C@H]3O)C(O)[C@H]2O)C1C. The van der Waals surface area contributed by atoms with Gasteiger partial charge in [-0.25, -0.2) is 4.79 Å². The Morgan fingerprint density at radius 1 is 0.471 bits per heavy atom. The molecule has 10 N–H and O–H groups in total. The normalized spacial score (nSPS) is 56.6. The van der Waals surface area contributed by atoms with Gasteiger partial charge in [0.1, 0.15) is 73.8 Å². The van der Waals surface area contributed by atoms with Gasteiger partial charge < -0.3 is 113 Å². The maximum absolute atomic E-state index is 12.7.